The lowest BCUT2D eigenvalue weighted by Gasteiger charge is -2.02. The van der Waals surface area contributed by atoms with Crippen LogP contribution in [0, 0.1) is 0 Å². The maximum absolute atomic E-state index is 11.1. The molecule has 0 aliphatic carbocycles. The maximum atomic E-state index is 11.1. The zero-order chi connectivity index (χ0) is 14.8. The maximum Gasteiger partial charge on any atom is 0.338 e. The van der Waals surface area contributed by atoms with E-state index in [1.54, 1.807) is 31.4 Å². The number of aromatic carboxylic acids is 1. The van der Waals surface area contributed by atoms with E-state index in [1.807, 2.05) is 12.1 Å². The highest BCUT2D eigenvalue weighted by Crippen LogP contribution is 2.25. The molecule has 3 aromatic rings. The number of para-hydroxylation sites is 1. The Morgan fingerprint density at radius 1 is 1.24 bits per heavy atom. The van der Waals surface area contributed by atoms with Crippen molar-refractivity contribution in [3.63, 3.8) is 0 Å². The van der Waals surface area contributed by atoms with Crippen LogP contribution in [0.25, 0.3) is 11.1 Å². The topological polar surface area (TPSA) is 84.6 Å². The molecule has 21 heavy (non-hydrogen) atoms. The number of carboxylic acid groups (broad SMARTS) is 1. The molecule has 0 unspecified atom stereocenters. The second-order valence-electron chi connectivity index (χ2n) is 4.33. The molecule has 0 atom stereocenters. The van der Waals surface area contributed by atoms with Gasteiger partial charge >= 0.3 is 5.97 Å². The van der Waals surface area contributed by atoms with Crippen molar-refractivity contribution in [1.82, 2.24) is 4.98 Å². The summed E-state index contributed by atoms with van der Waals surface area (Å²) >= 11 is 0. The molecular formula is C15H12N2O4. The van der Waals surface area contributed by atoms with Crippen molar-refractivity contribution in [2.45, 2.75) is 0 Å². The number of anilines is 2. The second kappa shape index (κ2) is 5.16. The molecule has 6 heteroatoms. The molecule has 2 N–H and O–H groups in total. The number of aromatic nitrogens is 1. The van der Waals surface area contributed by atoms with E-state index in [-0.39, 0.29) is 11.6 Å². The Hall–Kier alpha value is -3.02. The first-order valence-corrected chi connectivity index (χ1v) is 6.21. The van der Waals surface area contributed by atoms with Gasteiger partial charge in [-0.15, -0.1) is 0 Å². The minimum atomic E-state index is -1.04. The summed E-state index contributed by atoms with van der Waals surface area (Å²) in [4.78, 5) is 15.3. The van der Waals surface area contributed by atoms with Crippen molar-refractivity contribution in [2.24, 2.45) is 0 Å². The number of nitrogens with one attached hydrogen (secondary N) is 1. The molecule has 0 saturated heterocycles. The number of hydrogen-bond donors (Lipinski definition) is 2. The SMILES string of the molecule is COc1ccc(Nc2nc3c(C(=O)O)cccc3o2)cc1. The van der Waals surface area contributed by atoms with E-state index in [2.05, 4.69) is 10.3 Å². The van der Waals surface area contributed by atoms with Crippen LogP contribution in [0.1, 0.15) is 10.4 Å². The second-order valence-corrected chi connectivity index (χ2v) is 4.33. The molecule has 0 amide bonds. The quantitative estimate of drug-likeness (QED) is 0.764. The van der Waals surface area contributed by atoms with Gasteiger partial charge in [0.2, 0.25) is 0 Å². The normalized spacial score (nSPS) is 10.5. The van der Waals surface area contributed by atoms with Crippen LogP contribution < -0.4 is 10.1 Å². The van der Waals surface area contributed by atoms with Gasteiger partial charge in [0.25, 0.3) is 6.01 Å². The molecular weight excluding hydrogens is 272 g/mol. The van der Waals surface area contributed by atoms with Crippen molar-refractivity contribution in [3.05, 3.63) is 48.0 Å². The number of fused-ring (bicyclic) bond motifs is 1. The van der Waals surface area contributed by atoms with E-state index in [1.165, 1.54) is 6.07 Å². The van der Waals surface area contributed by atoms with Crippen LogP contribution in [0.3, 0.4) is 0 Å². The van der Waals surface area contributed by atoms with Crippen LogP contribution in [0.2, 0.25) is 0 Å². The Morgan fingerprint density at radius 3 is 2.67 bits per heavy atom. The van der Waals surface area contributed by atoms with Crippen LogP contribution in [0.15, 0.2) is 46.9 Å². The fourth-order valence-corrected chi connectivity index (χ4v) is 1.97. The predicted molar refractivity (Wildman–Crippen MR) is 77.2 cm³/mol. The Labute approximate surface area is 120 Å². The number of benzene rings is 2. The van der Waals surface area contributed by atoms with Gasteiger partial charge in [-0.2, -0.15) is 4.98 Å². The molecule has 1 heterocycles. The molecule has 3 rings (SSSR count). The van der Waals surface area contributed by atoms with E-state index in [0.29, 0.717) is 11.1 Å². The molecule has 0 aliphatic rings. The Morgan fingerprint density at radius 2 is 2.00 bits per heavy atom. The third kappa shape index (κ3) is 2.51. The van der Waals surface area contributed by atoms with Crippen LogP contribution in [-0.2, 0) is 0 Å². The Kier molecular flexibility index (Phi) is 3.19. The standard InChI is InChI=1S/C15H12N2O4/c1-20-10-7-5-9(6-8-10)16-15-17-13-11(14(18)19)3-2-4-12(13)21-15/h2-8H,1H3,(H,16,17)(H,18,19). The van der Waals surface area contributed by atoms with E-state index in [4.69, 9.17) is 14.3 Å². The highest BCUT2D eigenvalue weighted by molar-refractivity contribution is 6.00. The third-order valence-corrected chi connectivity index (χ3v) is 2.99. The summed E-state index contributed by atoms with van der Waals surface area (Å²) < 4.78 is 10.6. The van der Waals surface area contributed by atoms with Gasteiger partial charge < -0.3 is 19.6 Å². The highest BCUT2D eigenvalue weighted by Gasteiger charge is 2.14. The zero-order valence-corrected chi connectivity index (χ0v) is 11.2. The third-order valence-electron chi connectivity index (χ3n) is 2.99. The van der Waals surface area contributed by atoms with Crippen LogP contribution in [-0.4, -0.2) is 23.2 Å². The van der Waals surface area contributed by atoms with E-state index >= 15 is 0 Å². The van der Waals surface area contributed by atoms with Crippen LogP contribution in [0.5, 0.6) is 5.75 Å². The minimum Gasteiger partial charge on any atom is -0.497 e. The van der Waals surface area contributed by atoms with E-state index < -0.39 is 5.97 Å². The monoisotopic (exact) mass is 284 g/mol. The van der Waals surface area contributed by atoms with Gasteiger partial charge in [-0.3, -0.25) is 0 Å². The lowest BCUT2D eigenvalue weighted by molar-refractivity contribution is 0.0699. The lowest BCUT2D eigenvalue weighted by atomic mass is 10.2. The largest absolute Gasteiger partial charge is 0.497 e. The van der Waals surface area contributed by atoms with Gasteiger partial charge in [0.05, 0.1) is 12.7 Å². The van der Waals surface area contributed by atoms with Crippen molar-refractivity contribution >= 4 is 28.8 Å². The van der Waals surface area contributed by atoms with Crippen molar-refractivity contribution in [3.8, 4) is 5.75 Å². The first kappa shape index (κ1) is 13.0. The lowest BCUT2D eigenvalue weighted by Crippen LogP contribution is -1.97. The summed E-state index contributed by atoms with van der Waals surface area (Å²) in [5.41, 5.74) is 1.62. The molecule has 0 fully saturated rings. The van der Waals surface area contributed by atoms with Gasteiger partial charge in [-0.25, -0.2) is 4.79 Å². The molecule has 106 valence electrons. The molecule has 0 radical (unpaired) electrons. The number of methoxy groups -OCH3 is 1. The predicted octanol–water partition coefficient (Wildman–Crippen LogP) is 3.28. The van der Waals surface area contributed by atoms with Crippen LogP contribution in [0.4, 0.5) is 11.7 Å². The Balaban J connectivity index is 1.93. The van der Waals surface area contributed by atoms with Crippen molar-refractivity contribution in [2.75, 3.05) is 12.4 Å². The molecule has 1 aromatic heterocycles. The number of ether oxygens (including phenoxy) is 1. The van der Waals surface area contributed by atoms with Crippen molar-refractivity contribution in [1.29, 1.82) is 0 Å². The summed E-state index contributed by atoms with van der Waals surface area (Å²) in [6, 6.07) is 12.2. The van der Waals surface area contributed by atoms with Gasteiger partial charge in [-0.05, 0) is 36.4 Å². The highest BCUT2D eigenvalue weighted by atomic mass is 16.5. The van der Waals surface area contributed by atoms with Gasteiger partial charge in [0.1, 0.15) is 11.3 Å². The van der Waals surface area contributed by atoms with Gasteiger partial charge in [0, 0.05) is 5.69 Å². The van der Waals surface area contributed by atoms with Crippen molar-refractivity contribution < 1.29 is 19.1 Å². The fraction of sp³-hybridized carbons (Fsp3) is 0.0667. The van der Waals surface area contributed by atoms with Gasteiger partial charge in [-0.1, -0.05) is 6.07 Å². The summed E-state index contributed by atoms with van der Waals surface area (Å²) in [5, 5.41) is 12.1. The smallest absolute Gasteiger partial charge is 0.338 e. The molecule has 0 saturated carbocycles. The average molecular weight is 284 g/mol. The number of nitrogens with zero attached hydrogens (tertiary/aromatic N) is 1. The number of oxazole rings is 1. The number of carboxylic acids is 1. The average Bonchev–Trinajstić information content (AvgIpc) is 2.89. The van der Waals surface area contributed by atoms with E-state index in [0.717, 1.165) is 11.4 Å². The summed E-state index contributed by atoms with van der Waals surface area (Å²) in [5.74, 6) is -0.295. The molecule has 0 bridgehead atoms. The number of hydrogen-bond acceptors (Lipinski definition) is 5. The first-order valence-electron chi connectivity index (χ1n) is 6.21. The van der Waals surface area contributed by atoms with Crippen LogP contribution >= 0.6 is 0 Å². The minimum absolute atomic E-state index is 0.110. The van der Waals surface area contributed by atoms with Gasteiger partial charge in [0.15, 0.2) is 5.58 Å². The fourth-order valence-electron chi connectivity index (χ4n) is 1.97. The number of carbonyl (C=O) groups is 1. The molecule has 0 spiro atoms. The summed E-state index contributed by atoms with van der Waals surface area (Å²) in [6.45, 7) is 0. The molecule has 6 nitrogen and oxygen atoms in total. The summed E-state index contributed by atoms with van der Waals surface area (Å²) in [6.07, 6.45) is 0. The Bertz CT molecular complexity index is 793. The van der Waals surface area contributed by atoms with E-state index in [9.17, 15) is 4.79 Å². The molecule has 2 aromatic carbocycles. The first-order chi connectivity index (χ1) is 10.2. The summed E-state index contributed by atoms with van der Waals surface area (Å²) in [7, 11) is 1.59. The molecule has 0 aliphatic heterocycles. The zero-order valence-electron chi connectivity index (χ0n) is 11.2. The number of rotatable bonds is 4.